The number of hydrogen-bond acceptors (Lipinski definition) is 5. The monoisotopic (exact) mass is 348 g/mol. The smallest absolute Gasteiger partial charge is 0.236 e. The van der Waals surface area contributed by atoms with Crippen LogP contribution in [-0.4, -0.2) is 74.7 Å². The molecule has 1 aromatic carbocycles. The van der Waals surface area contributed by atoms with Gasteiger partial charge in [0, 0.05) is 45.0 Å². The van der Waals surface area contributed by atoms with Crippen LogP contribution in [0, 0.1) is 11.3 Å². The van der Waals surface area contributed by atoms with Gasteiger partial charge >= 0.3 is 0 Å². The summed E-state index contributed by atoms with van der Waals surface area (Å²) in [5.41, 5.74) is 1.52. The van der Waals surface area contributed by atoms with Gasteiger partial charge < -0.3 is 14.5 Å². The van der Waals surface area contributed by atoms with Gasteiger partial charge in [0.15, 0.2) is 0 Å². The highest BCUT2D eigenvalue weighted by Gasteiger charge is 2.23. The predicted molar refractivity (Wildman–Crippen MR) is 92.2 cm³/mol. The first-order chi connectivity index (χ1) is 11.7. The van der Waals surface area contributed by atoms with E-state index in [0.717, 1.165) is 31.9 Å². The van der Waals surface area contributed by atoms with Crippen LogP contribution in [0.5, 0.6) is 0 Å². The predicted octanol–water partition coefficient (Wildman–Crippen LogP) is 1.19. The lowest BCUT2D eigenvalue weighted by Crippen LogP contribution is -2.51. The van der Waals surface area contributed by atoms with Crippen LogP contribution in [-0.2, 0) is 9.53 Å². The lowest BCUT2D eigenvalue weighted by Gasteiger charge is -2.37. The number of carbonyl (C=O) groups excluding carboxylic acids is 1. The van der Waals surface area contributed by atoms with Gasteiger partial charge in [-0.05, 0) is 18.2 Å². The second-order valence-corrected chi connectivity index (χ2v) is 6.44. The summed E-state index contributed by atoms with van der Waals surface area (Å²) in [6.45, 7) is 6.52. The Balaban J connectivity index is 1.51. The number of anilines is 1. The van der Waals surface area contributed by atoms with Crippen LogP contribution in [0.25, 0.3) is 0 Å². The normalized spacial score (nSPS) is 19.2. The molecule has 0 bridgehead atoms. The minimum atomic E-state index is 0.188. The Morgan fingerprint density at radius 3 is 2.50 bits per heavy atom. The summed E-state index contributed by atoms with van der Waals surface area (Å²) in [6.07, 6.45) is 0. The Kier molecular flexibility index (Phi) is 5.56. The molecule has 0 aromatic heterocycles. The van der Waals surface area contributed by atoms with Crippen molar-refractivity contribution in [2.45, 2.75) is 0 Å². The van der Waals surface area contributed by atoms with Gasteiger partial charge in [-0.2, -0.15) is 5.26 Å². The molecule has 0 N–H and O–H groups in total. The average Bonchev–Trinajstić information content (AvgIpc) is 2.63. The molecule has 24 heavy (non-hydrogen) atoms. The molecule has 2 fully saturated rings. The minimum absolute atomic E-state index is 0.188. The molecule has 3 rings (SSSR count). The molecule has 1 amide bonds. The van der Waals surface area contributed by atoms with E-state index in [1.165, 1.54) is 0 Å². The van der Waals surface area contributed by atoms with E-state index >= 15 is 0 Å². The molecule has 128 valence electrons. The van der Waals surface area contributed by atoms with Gasteiger partial charge in [0.1, 0.15) is 6.07 Å². The van der Waals surface area contributed by atoms with E-state index in [9.17, 15) is 4.79 Å². The van der Waals surface area contributed by atoms with Crippen LogP contribution < -0.4 is 4.90 Å². The van der Waals surface area contributed by atoms with Crippen LogP contribution in [0.15, 0.2) is 18.2 Å². The number of benzene rings is 1. The Labute approximate surface area is 147 Å². The van der Waals surface area contributed by atoms with Crippen molar-refractivity contribution in [2.24, 2.45) is 0 Å². The molecule has 0 unspecified atom stereocenters. The van der Waals surface area contributed by atoms with Crippen LogP contribution in [0.2, 0.25) is 5.02 Å². The van der Waals surface area contributed by atoms with Crippen molar-refractivity contribution in [3.05, 3.63) is 28.8 Å². The molecule has 0 aliphatic carbocycles. The molecule has 6 nitrogen and oxygen atoms in total. The Morgan fingerprint density at radius 2 is 1.88 bits per heavy atom. The number of piperazine rings is 1. The minimum Gasteiger partial charge on any atom is -0.378 e. The van der Waals surface area contributed by atoms with Gasteiger partial charge in [-0.1, -0.05) is 11.6 Å². The third kappa shape index (κ3) is 3.99. The molecule has 7 heteroatoms. The molecule has 0 atom stereocenters. The van der Waals surface area contributed by atoms with Crippen molar-refractivity contribution >= 4 is 23.2 Å². The lowest BCUT2D eigenvalue weighted by molar-refractivity contribution is -0.136. The SMILES string of the molecule is N#Cc1ccc(N2CCN(CC(=O)N3CCOCC3)CC2)cc1Cl. The first-order valence-corrected chi connectivity index (χ1v) is 8.57. The third-order valence-corrected chi connectivity index (χ3v) is 4.85. The maximum Gasteiger partial charge on any atom is 0.236 e. The maximum atomic E-state index is 12.3. The van der Waals surface area contributed by atoms with Crippen molar-refractivity contribution in [2.75, 3.05) is 63.9 Å². The number of ether oxygens (including phenoxy) is 1. The van der Waals surface area contributed by atoms with Crippen molar-refractivity contribution in [1.82, 2.24) is 9.80 Å². The molecule has 2 aliphatic rings. The second kappa shape index (κ2) is 7.84. The molecule has 0 saturated carbocycles. The van der Waals surface area contributed by atoms with E-state index in [0.29, 0.717) is 43.4 Å². The van der Waals surface area contributed by atoms with Gasteiger partial charge in [0.05, 0.1) is 30.3 Å². The topological polar surface area (TPSA) is 59.8 Å². The fourth-order valence-corrected chi connectivity index (χ4v) is 3.28. The second-order valence-electron chi connectivity index (χ2n) is 6.03. The van der Waals surface area contributed by atoms with E-state index in [4.69, 9.17) is 21.6 Å². The van der Waals surface area contributed by atoms with E-state index in [1.807, 2.05) is 17.0 Å². The number of rotatable bonds is 3. The average molecular weight is 349 g/mol. The zero-order valence-electron chi connectivity index (χ0n) is 13.6. The molecule has 2 saturated heterocycles. The van der Waals surface area contributed by atoms with Crippen molar-refractivity contribution < 1.29 is 9.53 Å². The summed E-state index contributed by atoms with van der Waals surface area (Å²) in [5.74, 6) is 0.188. The number of nitrogens with zero attached hydrogens (tertiary/aromatic N) is 4. The molecule has 2 heterocycles. The Bertz CT molecular complexity index is 632. The van der Waals surface area contributed by atoms with Crippen molar-refractivity contribution in [3.63, 3.8) is 0 Å². The molecule has 0 spiro atoms. The Morgan fingerprint density at radius 1 is 1.17 bits per heavy atom. The fourth-order valence-electron chi connectivity index (χ4n) is 3.06. The van der Waals surface area contributed by atoms with Gasteiger partial charge in [-0.25, -0.2) is 0 Å². The first-order valence-electron chi connectivity index (χ1n) is 8.20. The highest BCUT2D eigenvalue weighted by Crippen LogP contribution is 2.24. The van der Waals surface area contributed by atoms with Gasteiger partial charge in [0.25, 0.3) is 0 Å². The molecular weight excluding hydrogens is 328 g/mol. The standard InChI is InChI=1S/C17H21ClN4O2/c18-16-11-15(2-1-14(16)12-19)21-5-3-20(4-6-21)13-17(23)22-7-9-24-10-8-22/h1-2,11H,3-10,13H2. The number of carbonyl (C=O) groups is 1. The lowest BCUT2D eigenvalue weighted by atomic mass is 10.2. The van der Waals surface area contributed by atoms with Crippen molar-refractivity contribution in [3.8, 4) is 6.07 Å². The highest BCUT2D eigenvalue weighted by molar-refractivity contribution is 6.32. The van der Waals surface area contributed by atoms with E-state index in [2.05, 4.69) is 15.9 Å². The molecule has 0 radical (unpaired) electrons. The number of nitriles is 1. The van der Waals surface area contributed by atoms with E-state index in [-0.39, 0.29) is 5.91 Å². The summed E-state index contributed by atoms with van der Waals surface area (Å²) in [4.78, 5) is 18.6. The Hall–Kier alpha value is -1.81. The largest absolute Gasteiger partial charge is 0.378 e. The number of halogens is 1. The number of hydrogen-bond donors (Lipinski definition) is 0. The zero-order valence-corrected chi connectivity index (χ0v) is 14.3. The van der Waals surface area contributed by atoms with Crippen LogP contribution in [0.3, 0.4) is 0 Å². The van der Waals surface area contributed by atoms with E-state index in [1.54, 1.807) is 6.07 Å². The van der Waals surface area contributed by atoms with Gasteiger partial charge in [0.2, 0.25) is 5.91 Å². The summed E-state index contributed by atoms with van der Waals surface area (Å²) in [7, 11) is 0. The van der Waals surface area contributed by atoms with Crippen LogP contribution in [0.4, 0.5) is 5.69 Å². The highest BCUT2D eigenvalue weighted by atomic mass is 35.5. The van der Waals surface area contributed by atoms with Gasteiger partial charge in [-0.15, -0.1) is 0 Å². The quantitative estimate of drug-likeness (QED) is 0.821. The summed E-state index contributed by atoms with van der Waals surface area (Å²) >= 11 is 6.11. The van der Waals surface area contributed by atoms with Gasteiger partial charge in [-0.3, -0.25) is 9.69 Å². The molecule has 2 aliphatic heterocycles. The zero-order chi connectivity index (χ0) is 16.9. The van der Waals surface area contributed by atoms with Crippen LogP contribution >= 0.6 is 11.6 Å². The van der Waals surface area contributed by atoms with Crippen molar-refractivity contribution in [1.29, 1.82) is 5.26 Å². The van der Waals surface area contributed by atoms with E-state index < -0.39 is 0 Å². The number of morpholine rings is 1. The summed E-state index contributed by atoms with van der Waals surface area (Å²) in [5, 5.41) is 9.43. The maximum absolute atomic E-state index is 12.3. The number of amides is 1. The summed E-state index contributed by atoms with van der Waals surface area (Å²) in [6, 6.07) is 7.60. The summed E-state index contributed by atoms with van der Waals surface area (Å²) < 4.78 is 5.28. The first kappa shape index (κ1) is 17.0. The third-order valence-electron chi connectivity index (χ3n) is 4.53. The van der Waals surface area contributed by atoms with Crippen LogP contribution in [0.1, 0.15) is 5.56 Å². The molecular formula is C17H21ClN4O2. The molecule has 1 aromatic rings. The fraction of sp³-hybridized carbons (Fsp3) is 0.529.